The molecule has 0 aliphatic heterocycles. The van der Waals surface area contributed by atoms with E-state index < -0.39 is 0 Å². The third-order valence-electron chi connectivity index (χ3n) is 4.63. The Morgan fingerprint density at radius 1 is 1.24 bits per heavy atom. The van der Waals surface area contributed by atoms with Crippen molar-refractivity contribution in [1.82, 2.24) is 10.3 Å². The Bertz CT molecular complexity index is 469. The highest BCUT2D eigenvalue weighted by molar-refractivity contribution is 5.41. The molecule has 1 rings (SSSR count). The zero-order valence-electron chi connectivity index (χ0n) is 15.0. The molecule has 0 saturated heterocycles. The summed E-state index contributed by atoms with van der Waals surface area (Å²) in [5.41, 5.74) is 3.61. The molecule has 3 heteroatoms. The summed E-state index contributed by atoms with van der Waals surface area (Å²) in [6, 6.07) is 0.504. The Labute approximate surface area is 130 Å². The molecule has 1 atom stereocenters. The van der Waals surface area contributed by atoms with E-state index in [1.165, 1.54) is 5.56 Å². The monoisotopic (exact) mass is 292 g/mol. The lowest BCUT2D eigenvalue weighted by atomic mass is 9.74. The van der Waals surface area contributed by atoms with Crippen LogP contribution in [0.4, 0.5) is 0 Å². The molecular weight excluding hydrogens is 260 g/mol. The fourth-order valence-electron chi connectivity index (χ4n) is 2.54. The van der Waals surface area contributed by atoms with E-state index >= 15 is 0 Å². The van der Waals surface area contributed by atoms with Crippen molar-refractivity contribution in [2.24, 2.45) is 11.3 Å². The van der Waals surface area contributed by atoms with Crippen LogP contribution in [0, 0.1) is 25.2 Å². The molecule has 1 unspecified atom stereocenters. The second-order valence-electron chi connectivity index (χ2n) is 7.07. The maximum absolute atomic E-state index is 5.53. The van der Waals surface area contributed by atoms with Crippen LogP contribution in [0.25, 0.3) is 0 Å². The first-order valence-electron chi connectivity index (χ1n) is 7.93. The minimum Gasteiger partial charge on any atom is -0.496 e. The van der Waals surface area contributed by atoms with E-state index in [2.05, 4.69) is 51.8 Å². The fraction of sp³-hybridized carbons (Fsp3) is 0.722. The van der Waals surface area contributed by atoms with Crippen molar-refractivity contribution in [3.8, 4) is 5.75 Å². The van der Waals surface area contributed by atoms with E-state index in [-0.39, 0.29) is 5.41 Å². The van der Waals surface area contributed by atoms with Crippen molar-refractivity contribution in [1.29, 1.82) is 0 Å². The Morgan fingerprint density at radius 3 is 2.33 bits per heavy atom. The Morgan fingerprint density at radius 2 is 1.86 bits per heavy atom. The molecule has 120 valence electrons. The van der Waals surface area contributed by atoms with Gasteiger partial charge in [-0.25, -0.2) is 0 Å². The van der Waals surface area contributed by atoms with Gasteiger partial charge in [0.05, 0.1) is 7.11 Å². The molecule has 1 aromatic rings. The number of ether oxygens (including phenoxy) is 1. The number of pyridine rings is 1. The SMILES string of the molecule is COc1c(C)cnc(CC(C)(CNC(C)C)C(C)C)c1C. The molecule has 21 heavy (non-hydrogen) atoms. The molecule has 0 fully saturated rings. The number of hydrogen-bond donors (Lipinski definition) is 1. The van der Waals surface area contributed by atoms with Crippen LogP contribution in [0.2, 0.25) is 0 Å². The van der Waals surface area contributed by atoms with Gasteiger partial charge in [-0.15, -0.1) is 0 Å². The minimum absolute atomic E-state index is 0.183. The second-order valence-corrected chi connectivity index (χ2v) is 7.07. The summed E-state index contributed by atoms with van der Waals surface area (Å²) in [6.07, 6.45) is 2.89. The van der Waals surface area contributed by atoms with E-state index in [1.807, 2.05) is 13.1 Å². The maximum atomic E-state index is 5.53. The van der Waals surface area contributed by atoms with Crippen molar-refractivity contribution < 1.29 is 4.74 Å². The van der Waals surface area contributed by atoms with Crippen LogP contribution < -0.4 is 10.1 Å². The zero-order valence-corrected chi connectivity index (χ0v) is 15.0. The van der Waals surface area contributed by atoms with Crippen LogP contribution in [0.15, 0.2) is 6.20 Å². The lowest BCUT2D eigenvalue weighted by Crippen LogP contribution is -2.40. The molecule has 0 aliphatic rings. The summed E-state index contributed by atoms with van der Waals surface area (Å²) < 4.78 is 5.53. The Balaban J connectivity index is 3.04. The van der Waals surface area contributed by atoms with Crippen molar-refractivity contribution in [3.63, 3.8) is 0 Å². The van der Waals surface area contributed by atoms with Crippen molar-refractivity contribution in [3.05, 3.63) is 23.0 Å². The smallest absolute Gasteiger partial charge is 0.128 e. The third kappa shape index (κ3) is 4.44. The van der Waals surface area contributed by atoms with E-state index in [0.29, 0.717) is 12.0 Å². The van der Waals surface area contributed by atoms with Crippen LogP contribution in [0.3, 0.4) is 0 Å². The molecule has 0 aromatic carbocycles. The Hall–Kier alpha value is -1.09. The number of rotatable bonds is 7. The summed E-state index contributed by atoms with van der Waals surface area (Å²) >= 11 is 0. The van der Waals surface area contributed by atoms with Gasteiger partial charge in [-0.1, -0.05) is 34.6 Å². The van der Waals surface area contributed by atoms with E-state index in [1.54, 1.807) is 7.11 Å². The second kappa shape index (κ2) is 7.26. The third-order valence-corrected chi connectivity index (χ3v) is 4.63. The first-order valence-corrected chi connectivity index (χ1v) is 7.93. The number of aryl methyl sites for hydroxylation is 1. The van der Waals surface area contributed by atoms with Gasteiger partial charge in [0.2, 0.25) is 0 Å². The van der Waals surface area contributed by atoms with Gasteiger partial charge < -0.3 is 10.1 Å². The topological polar surface area (TPSA) is 34.1 Å². The molecule has 0 aliphatic carbocycles. The highest BCUT2D eigenvalue weighted by Gasteiger charge is 2.30. The summed E-state index contributed by atoms with van der Waals surface area (Å²) in [5.74, 6) is 1.56. The molecule has 1 aromatic heterocycles. The summed E-state index contributed by atoms with van der Waals surface area (Å²) in [7, 11) is 1.74. The standard InChI is InChI=1S/C18H32N2O/c1-12(2)18(7,11-20-13(3)4)9-16-15(6)17(21-8)14(5)10-19-16/h10,12-13,20H,9,11H2,1-8H3. The molecule has 1 heterocycles. The van der Waals surface area contributed by atoms with Gasteiger partial charge in [0, 0.05) is 35.6 Å². The largest absolute Gasteiger partial charge is 0.496 e. The van der Waals surface area contributed by atoms with Gasteiger partial charge in [0.1, 0.15) is 5.75 Å². The molecule has 0 saturated carbocycles. The van der Waals surface area contributed by atoms with Crippen molar-refractivity contribution in [2.75, 3.05) is 13.7 Å². The van der Waals surface area contributed by atoms with E-state index in [9.17, 15) is 0 Å². The average molecular weight is 292 g/mol. The fourth-order valence-corrected chi connectivity index (χ4v) is 2.54. The lowest BCUT2D eigenvalue weighted by Gasteiger charge is -2.35. The number of aromatic nitrogens is 1. The Kier molecular flexibility index (Phi) is 6.21. The van der Waals surface area contributed by atoms with E-state index in [4.69, 9.17) is 4.74 Å². The van der Waals surface area contributed by atoms with E-state index in [0.717, 1.165) is 30.0 Å². The molecule has 3 nitrogen and oxygen atoms in total. The van der Waals surface area contributed by atoms with Gasteiger partial charge in [0.15, 0.2) is 0 Å². The van der Waals surface area contributed by atoms with Crippen LogP contribution in [0.1, 0.15) is 51.4 Å². The van der Waals surface area contributed by atoms with Gasteiger partial charge >= 0.3 is 0 Å². The van der Waals surface area contributed by atoms with Gasteiger partial charge in [0.25, 0.3) is 0 Å². The first-order chi connectivity index (χ1) is 9.71. The van der Waals surface area contributed by atoms with Gasteiger partial charge in [-0.2, -0.15) is 0 Å². The number of nitrogens with zero attached hydrogens (tertiary/aromatic N) is 1. The predicted octanol–water partition coefficient (Wildman–Crippen LogP) is 3.91. The number of methoxy groups -OCH3 is 1. The summed E-state index contributed by atoms with van der Waals surface area (Å²) in [4.78, 5) is 4.67. The van der Waals surface area contributed by atoms with Crippen LogP contribution >= 0.6 is 0 Å². The number of nitrogens with one attached hydrogen (secondary N) is 1. The number of hydrogen-bond acceptors (Lipinski definition) is 3. The lowest BCUT2D eigenvalue weighted by molar-refractivity contribution is 0.199. The van der Waals surface area contributed by atoms with Crippen molar-refractivity contribution in [2.45, 2.75) is 60.9 Å². The maximum Gasteiger partial charge on any atom is 0.128 e. The van der Waals surface area contributed by atoms with Gasteiger partial charge in [-0.05, 0) is 31.6 Å². The van der Waals surface area contributed by atoms with Crippen LogP contribution in [-0.4, -0.2) is 24.7 Å². The predicted molar refractivity (Wildman–Crippen MR) is 90.1 cm³/mol. The molecule has 0 radical (unpaired) electrons. The minimum atomic E-state index is 0.183. The molecular formula is C18H32N2O. The average Bonchev–Trinajstić information content (AvgIpc) is 2.40. The quantitative estimate of drug-likeness (QED) is 0.827. The van der Waals surface area contributed by atoms with Gasteiger partial charge in [-0.3, -0.25) is 4.98 Å². The molecule has 0 spiro atoms. The first kappa shape index (κ1) is 18.0. The normalized spacial score (nSPS) is 14.6. The van der Waals surface area contributed by atoms with Crippen molar-refractivity contribution >= 4 is 0 Å². The molecule has 0 bridgehead atoms. The zero-order chi connectivity index (χ0) is 16.2. The summed E-state index contributed by atoms with van der Waals surface area (Å²) in [6.45, 7) is 16.5. The van der Waals surface area contributed by atoms with Crippen LogP contribution in [0.5, 0.6) is 5.75 Å². The molecule has 1 N–H and O–H groups in total. The summed E-state index contributed by atoms with van der Waals surface area (Å²) in [5, 5.41) is 3.59. The van der Waals surface area contributed by atoms with Crippen LogP contribution in [-0.2, 0) is 6.42 Å². The highest BCUT2D eigenvalue weighted by atomic mass is 16.5. The molecule has 0 amide bonds. The highest BCUT2D eigenvalue weighted by Crippen LogP contribution is 2.33.